The number of aromatic nitrogens is 5. The Morgan fingerprint density at radius 1 is 1.37 bits per heavy atom. The Morgan fingerprint density at radius 3 is 2.85 bits per heavy atom. The molecule has 1 N–H and O–H groups in total. The summed E-state index contributed by atoms with van der Waals surface area (Å²) in [5.74, 6) is -0.118. The first kappa shape index (κ1) is 17.2. The molecule has 0 spiro atoms. The van der Waals surface area contributed by atoms with Gasteiger partial charge in [0.25, 0.3) is 5.91 Å². The average Bonchev–Trinajstić information content (AvgIpc) is 3.08. The molecule has 1 aliphatic rings. The molecule has 3 aromatic rings. The van der Waals surface area contributed by atoms with Crippen molar-refractivity contribution in [2.75, 3.05) is 18.5 Å². The maximum atomic E-state index is 15.4. The van der Waals surface area contributed by atoms with Crippen LogP contribution in [0.4, 0.5) is 10.1 Å². The predicted octanol–water partition coefficient (Wildman–Crippen LogP) is 1.84. The first-order valence-electron chi connectivity index (χ1n) is 8.34. The zero-order chi connectivity index (χ0) is 18.9. The number of nitrogens with zero attached hydrogens (tertiary/aromatic N) is 5. The summed E-state index contributed by atoms with van der Waals surface area (Å²) in [6.07, 6.45) is 2.88. The third-order valence-corrected chi connectivity index (χ3v) is 4.69. The topological polar surface area (TPSA) is 94.8 Å². The van der Waals surface area contributed by atoms with E-state index < -0.39 is 11.6 Å². The predicted molar refractivity (Wildman–Crippen MR) is 93.8 cm³/mol. The van der Waals surface area contributed by atoms with E-state index in [1.54, 1.807) is 29.8 Å². The zero-order valence-electron chi connectivity index (χ0n) is 14.5. The Balaban J connectivity index is 1.61. The summed E-state index contributed by atoms with van der Waals surface area (Å²) in [5, 5.41) is 10.4. The van der Waals surface area contributed by atoms with Gasteiger partial charge in [-0.15, -0.1) is 10.2 Å². The molecule has 1 aliphatic heterocycles. The van der Waals surface area contributed by atoms with E-state index in [1.165, 1.54) is 24.9 Å². The molecule has 0 saturated carbocycles. The van der Waals surface area contributed by atoms with Crippen LogP contribution in [0.3, 0.4) is 0 Å². The average molecular weight is 368 g/mol. The van der Waals surface area contributed by atoms with E-state index in [0.29, 0.717) is 5.69 Å². The highest BCUT2D eigenvalue weighted by Gasteiger charge is 2.50. The summed E-state index contributed by atoms with van der Waals surface area (Å²) in [4.78, 5) is 20.0. The van der Waals surface area contributed by atoms with Crippen LogP contribution in [0.2, 0.25) is 0 Å². The molecule has 2 aromatic heterocycles. The first-order valence-corrected chi connectivity index (χ1v) is 8.34. The second-order valence-corrected chi connectivity index (χ2v) is 6.44. The van der Waals surface area contributed by atoms with Gasteiger partial charge < -0.3 is 14.6 Å². The summed E-state index contributed by atoms with van der Waals surface area (Å²) in [6.45, 7) is 0.453. The van der Waals surface area contributed by atoms with E-state index in [-0.39, 0.29) is 30.6 Å². The number of hydrogen-bond donors (Lipinski definition) is 1. The molecule has 0 radical (unpaired) electrons. The number of aryl methyl sites for hydroxylation is 1. The van der Waals surface area contributed by atoms with Crippen molar-refractivity contribution in [2.24, 2.45) is 7.05 Å². The van der Waals surface area contributed by atoms with Gasteiger partial charge in [-0.1, -0.05) is 12.1 Å². The normalized spacial score (nSPS) is 16.4. The second kappa shape index (κ2) is 6.84. The minimum absolute atomic E-state index is 0.227. The summed E-state index contributed by atoms with van der Waals surface area (Å²) in [6, 6.07) is 8.61. The van der Waals surface area contributed by atoms with Crippen molar-refractivity contribution in [3.05, 3.63) is 66.3 Å². The van der Waals surface area contributed by atoms with E-state index in [4.69, 9.17) is 4.74 Å². The minimum Gasteiger partial charge on any atom is -0.379 e. The minimum atomic E-state index is -1.38. The van der Waals surface area contributed by atoms with Crippen LogP contribution < -0.4 is 5.32 Å². The molecule has 9 heteroatoms. The monoisotopic (exact) mass is 368 g/mol. The van der Waals surface area contributed by atoms with Crippen molar-refractivity contribution < 1.29 is 13.9 Å². The third kappa shape index (κ3) is 3.06. The van der Waals surface area contributed by atoms with Crippen molar-refractivity contribution in [3.63, 3.8) is 0 Å². The summed E-state index contributed by atoms with van der Waals surface area (Å²) in [5.41, 5.74) is 0.660. The number of amides is 1. The van der Waals surface area contributed by atoms with Gasteiger partial charge >= 0.3 is 0 Å². The SMILES string of the molecule is Cn1cnnc1[C@@H](F)C1(c2cccc(NC(=O)c3ccncn3)c2)COC1. The van der Waals surface area contributed by atoms with Crippen molar-refractivity contribution >= 4 is 11.6 Å². The molecule has 27 heavy (non-hydrogen) atoms. The molecule has 1 fully saturated rings. The number of carbonyl (C=O) groups excluding carboxylic acids is 1. The smallest absolute Gasteiger partial charge is 0.274 e. The van der Waals surface area contributed by atoms with Crippen LogP contribution in [-0.2, 0) is 17.2 Å². The lowest BCUT2D eigenvalue weighted by Gasteiger charge is -2.43. The maximum absolute atomic E-state index is 15.4. The number of anilines is 1. The molecular weight excluding hydrogens is 351 g/mol. The number of rotatable bonds is 5. The molecule has 0 aliphatic carbocycles. The number of benzene rings is 1. The van der Waals surface area contributed by atoms with Gasteiger partial charge in [0, 0.05) is 18.9 Å². The van der Waals surface area contributed by atoms with Crippen molar-refractivity contribution in [3.8, 4) is 0 Å². The van der Waals surface area contributed by atoms with Gasteiger partial charge in [0.2, 0.25) is 0 Å². The molecule has 4 rings (SSSR count). The van der Waals surface area contributed by atoms with Crippen LogP contribution in [-0.4, -0.2) is 43.9 Å². The lowest BCUT2D eigenvalue weighted by molar-refractivity contribution is -0.102. The Bertz CT molecular complexity index is 957. The van der Waals surface area contributed by atoms with Gasteiger partial charge in [0.1, 0.15) is 18.3 Å². The molecule has 0 bridgehead atoms. The fraction of sp³-hybridized carbons (Fsp3) is 0.278. The molecule has 138 valence electrons. The van der Waals surface area contributed by atoms with Crippen LogP contribution in [0.1, 0.15) is 28.0 Å². The number of nitrogens with one attached hydrogen (secondary N) is 1. The summed E-state index contributed by atoms with van der Waals surface area (Å²) in [7, 11) is 1.70. The Morgan fingerprint density at radius 2 is 2.22 bits per heavy atom. The highest BCUT2D eigenvalue weighted by atomic mass is 19.1. The standard InChI is InChI=1S/C18H17FN6O2/c1-25-11-22-24-16(25)15(19)18(8-27-9-18)12-3-2-4-13(7-12)23-17(26)14-5-6-20-10-21-14/h2-7,10-11,15H,8-9H2,1H3,(H,23,26)/t15-/m1/s1. The molecule has 8 nitrogen and oxygen atoms in total. The molecule has 3 heterocycles. The molecule has 1 aromatic carbocycles. The van der Waals surface area contributed by atoms with Crippen LogP contribution in [0.15, 0.2) is 49.2 Å². The van der Waals surface area contributed by atoms with Gasteiger partial charge in [-0.25, -0.2) is 14.4 Å². The van der Waals surface area contributed by atoms with E-state index in [9.17, 15) is 4.79 Å². The van der Waals surface area contributed by atoms with E-state index in [1.807, 2.05) is 6.07 Å². The number of hydrogen-bond acceptors (Lipinski definition) is 6. The first-order chi connectivity index (χ1) is 13.1. The van der Waals surface area contributed by atoms with E-state index in [2.05, 4.69) is 25.5 Å². The maximum Gasteiger partial charge on any atom is 0.274 e. The summed E-state index contributed by atoms with van der Waals surface area (Å²) >= 11 is 0. The fourth-order valence-electron chi connectivity index (χ4n) is 3.08. The number of halogens is 1. The van der Waals surface area contributed by atoms with Crippen molar-refractivity contribution in [1.29, 1.82) is 0 Å². The zero-order valence-corrected chi connectivity index (χ0v) is 14.5. The number of alkyl halides is 1. The number of carbonyl (C=O) groups is 1. The van der Waals surface area contributed by atoms with Crippen LogP contribution in [0.25, 0.3) is 0 Å². The van der Waals surface area contributed by atoms with Gasteiger partial charge in [-0.3, -0.25) is 4.79 Å². The number of ether oxygens (including phenoxy) is 1. The highest BCUT2D eigenvalue weighted by Crippen LogP contribution is 2.45. The van der Waals surface area contributed by atoms with E-state index >= 15 is 4.39 Å². The lowest BCUT2D eigenvalue weighted by atomic mass is 9.74. The lowest BCUT2D eigenvalue weighted by Crippen LogP contribution is -2.50. The molecule has 1 amide bonds. The second-order valence-electron chi connectivity index (χ2n) is 6.44. The fourth-order valence-corrected chi connectivity index (χ4v) is 3.08. The molecular formula is C18H17FN6O2. The Hall–Kier alpha value is -3.20. The van der Waals surface area contributed by atoms with Gasteiger partial charge in [0.05, 0.1) is 18.6 Å². The third-order valence-electron chi connectivity index (χ3n) is 4.69. The van der Waals surface area contributed by atoms with Gasteiger partial charge in [0.15, 0.2) is 12.0 Å². The molecule has 0 unspecified atom stereocenters. The van der Waals surface area contributed by atoms with Gasteiger partial charge in [-0.05, 0) is 23.8 Å². The largest absolute Gasteiger partial charge is 0.379 e. The Kier molecular flexibility index (Phi) is 4.36. The molecule has 1 atom stereocenters. The van der Waals surface area contributed by atoms with Crippen LogP contribution >= 0.6 is 0 Å². The van der Waals surface area contributed by atoms with Crippen molar-refractivity contribution in [1.82, 2.24) is 24.7 Å². The van der Waals surface area contributed by atoms with Crippen molar-refractivity contribution in [2.45, 2.75) is 11.6 Å². The Labute approximate surface area is 154 Å². The van der Waals surface area contributed by atoms with Crippen LogP contribution in [0.5, 0.6) is 0 Å². The van der Waals surface area contributed by atoms with E-state index in [0.717, 1.165) is 5.56 Å². The quantitative estimate of drug-likeness (QED) is 0.738. The summed E-state index contributed by atoms with van der Waals surface area (Å²) < 4.78 is 22.3. The van der Waals surface area contributed by atoms with Crippen LogP contribution in [0, 0.1) is 0 Å². The highest BCUT2D eigenvalue weighted by molar-refractivity contribution is 6.02. The van der Waals surface area contributed by atoms with Gasteiger partial charge in [-0.2, -0.15) is 0 Å². The molecule has 1 saturated heterocycles.